The van der Waals surface area contributed by atoms with E-state index in [2.05, 4.69) is 10.3 Å². The number of hydrogen-bond donors (Lipinski definition) is 2. The zero-order valence-corrected chi connectivity index (χ0v) is 10.0. The minimum Gasteiger partial charge on any atom is -0.369 e. The average molecular weight is 232 g/mol. The van der Waals surface area contributed by atoms with Gasteiger partial charge in [-0.05, 0) is 24.6 Å². The predicted molar refractivity (Wildman–Crippen MR) is 67.6 cm³/mol. The van der Waals surface area contributed by atoms with Gasteiger partial charge < -0.3 is 15.6 Å². The molecule has 3 N–H and O–H groups in total. The third kappa shape index (κ3) is 2.22. The van der Waals surface area contributed by atoms with Crippen LogP contribution in [0.4, 0.5) is 5.95 Å². The SMILES string of the molecule is CNC(=O)CCn1c(N)nc2ccc(C)cc21. The fraction of sp³-hybridized carbons (Fsp3) is 0.333. The highest BCUT2D eigenvalue weighted by Crippen LogP contribution is 2.19. The number of carbonyl (C=O) groups is 1. The molecule has 0 radical (unpaired) electrons. The van der Waals surface area contributed by atoms with Gasteiger partial charge in [0.2, 0.25) is 11.9 Å². The summed E-state index contributed by atoms with van der Waals surface area (Å²) in [7, 11) is 1.63. The number of nitrogens with two attached hydrogens (primary N) is 1. The summed E-state index contributed by atoms with van der Waals surface area (Å²) in [6, 6.07) is 5.97. The zero-order valence-electron chi connectivity index (χ0n) is 10.0. The number of aromatic nitrogens is 2. The Morgan fingerprint density at radius 3 is 3.00 bits per heavy atom. The van der Waals surface area contributed by atoms with Crippen molar-refractivity contribution in [3.8, 4) is 0 Å². The lowest BCUT2D eigenvalue weighted by Crippen LogP contribution is -2.19. The Bertz CT molecular complexity index is 559. The molecule has 5 heteroatoms. The molecule has 0 atom stereocenters. The van der Waals surface area contributed by atoms with Gasteiger partial charge >= 0.3 is 0 Å². The molecule has 0 fully saturated rings. The summed E-state index contributed by atoms with van der Waals surface area (Å²) in [6.07, 6.45) is 0.403. The number of anilines is 1. The Morgan fingerprint density at radius 1 is 1.53 bits per heavy atom. The van der Waals surface area contributed by atoms with Crippen LogP contribution in [-0.2, 0) is 11.3 Å². The van der Waals surface area contributed by atoms with Gasteiger partial charge in [-0.15, -0.1) is 0 Å². The van der Waals surface area contributed by atoms with Crippen LogP contribution in [0, 0.1) is 6.92 Å². The molecule has 2 rings (SSSR count). The number of aryl methyl sites for hydroxylation is 2. The van der Waals surface area contributed by atoms with E-state index in [-0.39, 0.29) is 5.91 Å². The van der Waals surface area contributed by atoms with E-state index in [1.807, 2.05) is 29.7 Å². The van der Waals surface area contributed by atoms with Crippen molar-refractivity contribution in [1.82, 2.24) is 14.9 Å². The second-order valence-corrected chi connectivity index (χ2v) is 4.04. The van der Waals surface area contributed by atoms with Gasteiger partial charge in [0.1, 0.15) is 0 Å². The maximum absolute atomic E-state index is 11.2. The third-order valence-corrected chi connectivity index (χ3v) is 2.77. The lowest BCUT2D eigenvalue weighted by Gasteiger charge is -2.05. The molecule has 1 amide bonds. The summed E-state index contributed by atoms with van der Waals surface area (Å²) in [6.45, 7) is 2.57. The molecule has 0 saturated heterocycles. The minimum atomic E-state index is -0.00102. The van der Waals surface area contributed by atoms with Gasteiger partial charge in [0.15, 0.2) is 0 Å². The van der Waals surface area contributed by atoms with Crippen LogP contribution in [0.2, 0.25) is 0 Å². The predicted octanol–water partition coefficient (Wildman–Crippen LogP) is 1.06. The molecule has 17 heavy (non-hydrogen) atoms. The number of nitrogen functional groups attached to an aromatic ring is 1. The van der Waals surface area contributed by atoms with Crippen LogP contribution in [0.25, 0.3) is 11.0 Å². The first kappa shape index (κ1) is 11.4. The van der Waals surface area contributed by atoms with E-state index in [1.54, 1.807) is 7.05 Å². The first-order chi connectivity index (χ1) is 8.11. The first-order valence-electron chi connectivity index (χ1n) is 5.55. The van der Waals surface area contributed by atoms with Crippen LogP contribution < -0.4 is 11.1 Å². The molecule has 1 heterocycles. The van der Waals surface area contributed by atoms with Gasteiger partial charge in [0.25, 0.3) is 0 Å². The fourth-order valence-corrected chi connectivity index (χ4v) is 1.82. The van der Waals surface area contributed by atoms with Crippen LogP contribution in [0.5, 0.6) is 0 Å². The van der Waals surface area contributed by atoms with E-state index in [9.17, 15) is 4.79 Å². The molecule has 0 unspecified atom stereocenters. The molecule has 5 nitrogen and oxygen atoms in total. The maximum atomic E-state index is 11.2. The number of nitrogens with zero attached hydrogens (tertiary/aromatic N) is 2. The quantitative estimate of drug-likeness (QED) is 0.831. The molecule has 0 aliphatic carbocycles. The molecule has 0 spiro atoms. The highest BCUT2D eigenvalue weighted by Gasteiger charge is 2.09. The van der Waals surface area contributed by atoms with Crippen LogP contribution in [0.1, 0.15) is 12.0 Å². The normalized spacial score (nSPS) is 10.7. The lowest BCUT2D eigenvalue weighted by atomic mass is 10.2. The number of nitrogens with one attached hydrogen (secondary N) is 1. The molecule has 90 valence electrons. The topological polar surface area (TPSA) is 72.9 Å². The summed E-state index contributed by atoms with van der Waals surface area (Å²) in [4.78, 5) is 15.5. The molecule has 0 saturated carbocycles. The molecule has 0 bridgehead atoms. The highest BCUT2D eigenvalue weighted by atomic mass is 16.1. The van der Waals surface area contributed by atoms with Crippen molar-refractivity contribution in [2.24, 2.45) is 0 Å². The highest BCUT2D eigenvalue weighted by molar-refractivity contribution is 5.80. The fourth-order valence-electron chi connectivity index (χ4n) is 1.82. The van der Waals surface area contributed by atoms with Gasteiger partial charge in [-0.3, -0.25) is 4.79 Å². The second kappa shape index (κ2) is 4.45. The summed E-state index contributed by atoms with van der Waals surface area (Å²) >= 11 is 0. The van der Waals surface area contributed by atoms with Crippen molar-refractivity contribution in [3.05, 3.63) is 23.8 Å². The van der Waals surface area contributed by atoms with E-state index in [0.717, 1.165) is 16.6 Å². The Hall–Kier alpha value is -2.04. The summed E-state index contributed by atoms with van der Waals surface area (Å²) in [5.74, 6) is 0.452. The van der Waals surface area contributed by atoms with Crippen molar-refractivity contribution in [2.45, 2.75) is 19.9 Å². The van der Waals surface area contributed by atoms with Gasteiger partial charge in [0.05, 0.1) is 11.0 Å². The molecule has 1 aromatic heterocycles. The molecule has 0 aliphatic heterocycles. The second-order valence-electron chi connectivity index (χ2n) is 4.04. The van der Waals surface area contributed by atoms with E-state index >= 15 is 0 Å². The first-order valence-corrected chi connectivity index (χ1v) is 5.55. The Morgan fingerprint density at radius 2 is 2.29 bits per heavy atom. The van der Waals surface area contributed by atoms with Crippen LogP contribution in [-0.4, -0.2) is 22.5 Å². The van der Waals surface area contributed by atoms with Gasteiger partial charge in [-0.25, -0.2) is 4.98 Å². The number of benzene rings is 1. The lowest BCUT2D eigenvalue weighted by molar-refractivity contribution is -0.120. The van der Waals surface area contributed by atoms with Crippen molar-refractivity contribution >= 4 is 22.9 Å². The number of hydrogen-bond acceptors (Lipinski definition) is 3. The average Bonchev–Trinajstić information content (AvgIpc) is 2.61. The molecule has 1 aromatic carbocycles. The van der Waals surface area contributed by atoms with Crippen molar-refractivity contribution in [1.29, 1.82) is 0 Å². The number of rotatable bonds is 3. The van der Waals surface area contributed by atoms with E-state index in [4.69, 9.17) is 5.73 Å². The molecular formula is C12H16N4O. The number of fused-ring (bicyclic) bond motifs is 1. The Labute approximate surface area is 99.6 Å². The van der Waals surface area contributed by atoms with E-state index in [1.165, 1.54) is 0 Å². The van der Waals surface area contributed by atoms with Crippen LogP contribution in [0.15, 0.2) is 18.2 Å². The van der Waals surface area contributed by atoms with E-state index in [0.29, 0.717) is 18.9 Å². The molecular weight excluding hydrogens is 216 g/mol. The summed E-state index contributed by atoms with van der Waals surface area (Å²) in [5.41, 5.74) is 8.85. The maximum Gasteiger partial charge on any atom is 0.221 e. The van der Waals surface area contributed by atoms with Gasteiger partial charge in [-0.1, -0.05) is 6.07 Å². The Kier molecular flexibility index (Phi) is 2.99. The number of amides is 1. The van der Waals surface area contributed by atoms with Gasteiger partial charge in [-0.2, -0.15) is 0 Å². The standard InChI is InChI=1S/C12H16N4O/c1-8-3-4-9-10(7-8)16(12(13)15-9)6-5-11(17)14-2/h3-4,7H,5-6H2,1-2H3,(H2,13,15)(H,14,17). The van der Waals surface area contributed by atoms with Gasteiger partial charge in [0, 0.05) is 20.0 Å². The monoisotopic (exact) mass is 232 g/mol. The van der Waals surface area contributed by atoms with Crippen molar-refractivity contribution in [3.63, 3.8) is 0 Å². The third-order valence-electron chi connectivity index (χ3n) is 2.77. The zero-order chi connectivity index (χ0) is 12.4. The smallest absolute Gasteiger partial charge is 0.221 e. The number of carbonyl (C=O) groups excluding carboxylic acids is 1. The minimum absolute atomic E-state index is 0.00102. The molecule has 2 aromatic rings. The van der Waals surface area contributed by atoms with Crippen molar-refractivity contribution in [2.75, 3.05) is 12.8 Å². The Balaban J connectivity index is 2.35. The van der Waals surface area contributed by atoms with E-state index < -0.39 is 0 Å². The summed E-state index contributed by atoms with van der Waals surface area (Å²) < 4.78 is 1.87. The molecule has 0 aliphatic rings. The van der Waals surface area contributed by atoms with Crippen LogP contribution in [0.3, 0.4) is 0 Å². The number of imidazole rings is 1. The van der Waals surface area contributed by atoms with Crippen LogP contribution >= 0.6 is 0 Å². The van der Waals surface area contributed by atoms with Crippen molar-refractivity contribution < 1.29 is 4.79 Å². The summed E-state index contributed by atoms with van der Waals surface area (Å²) in [5, 5.41) is 2.59. The largest absolute Gasteiger partial charge is 0.369 e.